The second-order valence-corrected chi connectivity index (χ2v) is 1.94. The van der Waals surface area contributed by atoms with E-state index in [0.29, 0.717) is 0 Å². The second-order valence-electron chi connectivity index (χ2n) is 1.94. The number of rotatable bonds is 1. The lowest BCUT2D eigenvalue weighted by atomic mass is 10.1. The van der Waals surface area contributed by atoms with Crippen LogP contribution >= 0.6 is 0 Å². The van der Waals surface area contributed by atoms with Crippen LogP contribution in [0.3, 0.4) is 0 Å². The Bertz CT molecular complexity index is 241. The minimum Gasteiger partial charge on any atom is -0.257 e. The van der Waals surface area contributed by atoms with E-state index in [0.717, 1.165) is 11.3 Å². The molecule has 0 aromatic carbocycles. The van der Waals surface area contributed by atoms with Gasteiger partial charge in [-0.15, -0.1) is 0 Å². The second kappa shape index (κ2) is 2.97. The average molecular weight is 131 g/mol. The van der Waals surface area contributed by atoms with Gasteiger partial charge in [-0.25, -0.2) is 0 Å². The normalized spacial score (nSPS) is 20.0. The molecule has 0 fully saturated rings. The molecule has 0 aromatic heterocycles. The predicted octanol–water partition coefficient (Wildman–Crippen LogP) is 2.25. The molecule has 0 aromatic rings. The third kappa shape index (κ3) is 1.32. The first-order valence-electron chi connectivity index (χ1n) is 3.07. The van der Waals surface area contributed by atoms with Crippen LogP contribution in [0, 0.1) is 0 Å². The Hall–Kier alpha value is -1.37. The third-order valence-electron chi connectivity index (χ3n) is 1.22. The van der Waals surface area contributed by atoms with Gasteiger partial charge in [0.15, 0.2) is 0 Å². The van der Waals surface area contributed by atoms with E-state index in [-0.39, 0.29) is 0 Å². The van der Waals surface area contributed by atoms with Crippen LogP contribution in [0.5, 0.6) is 0 Å². The SMILES string of the molecule is C=CN=C1C=CC=CC1=C. The summed E-state index contributed by atoms with van der Waals surface area (Å²) in [6, 6.07) is 0. The minimum atomic E-state index is 0.887. The summed E-state index contributed by atoms with van der Waals surface area (Å²) in [5, 5.41) is 0. The van der Waals surface area contributed by atoms with Crippen molar-refractivity contribution in [3.05, 3.63) is 49.2 Å². The first kappa shape index (κ1) is 6.75. The van der Waals surface area contributed by atoms with Crippen molar-refractivity contribution in [2.24, 2.45) is 4.99 Å². The van der Waals surface area contributed by atoms with Gasteiger partial charge in [0, 0.05) is 6.20 Å². The van der Waals surface area contributed by atoms with Crippen LogP contribution in [0.4, 0.5) is 0 Å². The maximum absolute atomic E-state index is 4.01. The van der Waals surface area contributed by atoms with E-state index in [4.69, 9.17) is 0 Å². The van der Waals surface area contributed by atoms with E-state index in [9.17, 15) is 0 Å². The molecule has 1 rings (SSSR count). The standard InChI is InChI=1S/C9H9N/c1-3-10-9-7-5-4-6-8(9)2/h3-7H,1-2H2. The molecule has 0 atom stereocenters. The first-order valence-corrected chi connectivity index (χ1v) is 3.07. The van der Waals surface area contributed by atoms with Crippen molar-refractivity contribution in [3.63, 3.8) is 0 Å². The molecule has 0 aliphatic heterocycles. The Morgan fingerprint density at radius 1 is 1.30 bits per heavy atom. The molecule has 0 saturated carbocycles. The van der Waals surface area contributed by atoms with Gasteiger partial charge in [0.2, 0.25) is 0 Å². The minimum absolute atomic E-state index is 0.887. The van der Waals surface area contributed by atoms with Crippen LogP contribution in [0.15, 0.2) is 54.2 Å². The van der Waals surface area contributed by atoms with Gasteiger partial charge < -0.3 is 0 Å². The third-order valence-corrected chi connectivity index (χ3v) is 1.22. The van der Waals surface area contributed by atoms with Crippen molar-refractivity contribution in [2.45, 2.75) is 0 Å². The molecular weight excluding hydrogens is 122 g/mol. The highest BCUT2D eigenvalue weighted by Gasteiger charge is 1.97. The average Bonchev–Trinajstić information content (AvgIpc) is 1.94. The summed E-state index contributed by atoms with van der Waals surface area (Å²) >= 11 is 0. The Balaban J connectivity index is 2.90. The molecule has 1 aliphatic carbocycles. The molecule has 50 valence electrons. The summed E-state index contributed by atoms with van der Waals surface area (Å²) in [6.45, 7) is 7.30. The van der Waals surface area contributed by atoms with Gasteiger partial charge in [-0.1, -0.05) is 31.4 Å². The van der Waals surface area contributed by atoms with Gasteiger partial charge >= 0.3 is 0 Å². The van der Waals surface area contributed by atoms with Crippen molar-refractivity contribution >= 4 is 5.71 Å². The Morgan fingerprint density at radius 2 is 2.00 bits per heavy atom. The lowest BCUT2D eigenvalue weighted by Crippen LogP contribution is -1.96. The van der Waals surface area contributed by atoms with E-state index in [2.05, 4.69) is 18.2 Å². The van der Waals surface area contributed by atoms with Crippen LogP contribution in [0.1, 0.15) is 0 Å². The molecule has 0 bridgehead atoms. The fourth-order valence-electron chi connectivity index (χ4n) is 0.735. The van der Waals surface area contributed by atoms with Gasteiger partial charge in [-0.05, 0) is 11.6 Å². The lowest BCUT2D eigenvalue weighted by molar-refractivity contribution is 1.56. The Labute approximate surface area is 60.8 Å². The monoisotopic (exact) mass is 131 g/mol. The maximum Gasteiger partial charge on any atom is 0.0695 e. The smallest absolute Gasteiger partial charge is 0.0695 e. The molecule has 1 aliphatic rings. The zero-order chi connectivity index (χ0) is 7.40. The van der Waals surface area contributed by atoms with Gasteiger partial charge in [0.1, 0.15) is 0 Å². The quantitative estimate of drug-likeness (QED) is 0.517. The molecule has 0 heterocycles. The fraction of sp³-hybridized carbons (Fsp3) is 0. The van der Waals surface area contributed by atoms with Crippen LogP contribution in [0.25, 0.3) is 0 Å². The predicted molar refractivity (Wildman–Crippen MR) is 45.1 cm³/mol. The molecule has 1 nitrogen and oxygen atoms in total. The van der Waals surface area contributed by atoms with Gasteiger partial charge in [-0.2, -0.15) is 0 Å². The molecule has 0 unspecified atom stereocenters. The van der Waals surface area contributed by atoms with Crippen molar-refractivity contribution in [3.8, 4) is 0 Å². The highest BCUT2D eigenvalue weighted by Crippen LogP contribution is 2.05. The van der Waals surface area contributed by atoms with E-state index >= 15 is 0 Å². The van der Waals surface area contributed by atoms with E-state index in [1.54, 1.807) is 0 Å². The molecule has 0 amide bonds. The topological polar surface area (TPSA) is 12.4 Å². The summed E-state index contributed by atoms with van der Waals surface area (Å²) in [6.07, 6.45) is 9.21. The van der Waals surface area contributed by atoms with Crippen molar-refractivity contribution in [1.29, 1.82) is 0 Å². The largest absolute Gasteiger partial charge is 0.257 e. The van der Waals surface area contributed by atoms with Crippen LogP contribution in [-0.4, -0.2) is 5.71 Å². The van der Waals surface area contributed by atoms with Crippen molar-refractivity contribution < 1.29 is 0 Å². The highest BCUT2D eigenvalue weighted by molar-refractivity contribution is 6.11. The fourth-order valence-corrected chi connectivity index (χ4v) is 0.735. The van der Waals surface area contributed by atoms with Gasteiger partial charge in [-0.3, -0.25) is 4.99 Å². The number of nitrogens with zero attached hydrogens (tertiary/aromatic N) is 1. The van der Waals surface area contributed by atoms with Crippen LogP contribution in [0.2, 0.25) is 0 Å². The van der Waals surface area contributed by atoms with Crippen molar-refractivity contribution in [2.75, 3.05) is 0 Å². The van der Waals surface area contributed by atoms with Crippen molar-refractivity contribution in [1.82, 2.24) is 0 Å². The maximum atomic E-state index is 4.01. The van der Waals surface area contributed by atoms with E-state index < -0.39 is 0 Å². The molecule has 0 spiro atoms. The molecule has 10 heavy (non-hydrogen) atoms. The summed E-state index contributed by atoms with van der Waals surface area (Å²) in [4.78, 5) is 4.01. The summed E-state index contributed by atoms with van der Waals surface area (Å²) in [5.41, 5.74) is 1.82. The zero-order valence-corrected chi connectivity index (χ0v) is 5.75. The van der Waals surface area contributed by atoms with Gasteiger partial charge in [0.25, 0.3) is 0 Å². The summed E-state index contributed by atoms with van der Waals surface area (Å²) in [5.74, 6) is 0. The van der Waals surface area contributed by atoms with Gasteiger partial charge in [0.05, 0.1) is 5.71 Å². The summed E-state index contributed by atoms with van der Waals surface area (Å²) in [7, 11) is 0. The van der Waals surface area contributed by atoms with E-state index in [1.807, 2.05) is 24.3 Å². The van der Waals surface area contributed by atoms with Crippen LogP contribution < -0.4 is 0 Å². The highest BCUT2D eigenvalue weighted by atomic mass is 14.7. The molecule has 0 N–H and O–H groups in total. The zero-order valence-electron chi connectivity index (χ0n) is 5.75. The van der Waals surface area contributed by atoms with Crippen LogP contribution in [-0.2, 0) is 0 Å². The summed E-state index contributed by atoms with van der Waals surface area (Å²) < 4.78 is 0. The number of aliphatic imine (C=N–C) groups is 1. The molecular formula is C9H9N. The molecule has 0 radical (unpaired) electrons. The molecule has 1 heteroatoms. The Morgan fingerprint density at radius 3 is 2.60 bits per heavy atom. The number of allylic oxidation sites excluding steroid dienone is 5. The number of hydrogen-bond acceptors (Lipinski definition) is 1. The number of hydrogen-bond donors (Lipinski definition) is 0. The Kier molecular flexibility index (Phi) is 2.00. The first-order chi connectivity index (χ1) is 4.84. The lowest BCUT2D eigenvalue weighted by Gasteiger charge is -2.01. The molecule has 0 saturated heterocycles. The van der Waals surface area contributed by atoms with E-state index in [1.165, 1.54) is 6.20 Å².